The largest absolute Gasteiger partial charge is 0.326 e. The number of allylic oxidation sites excluding steroid dienone is 1. The third-order valence-electron chi connectivity index (χ3n) is 2.76. The highest BCUT2D eigenvalue weighted by molar-refractivity contribution is 7.80. The lowest BCUT2D eigenvalue weighted by Gasteiger charge is -2.06. The third-order valence-corrected chi connectivity index (χ3v) is 2.96. The molecule has 0 amide bonds. The fourth-order valence-electron chi connectivity index (χ4n) is 1.75. The number of hydrazone groups is 1. The van der Waals surface area contributed by atoms with E-state index in [1.807, 2.05) is 36.4 Å². The second kappa shape index (κ2) is 8.40. The van der Waals surface area contributed by atoms with Crippen LogP contribution in [-0.4, -0.2) is 16.3 Å². The van der Waals surface area contributed by atoms with E-state index in [-0.39, 0.29) is 10.8 Å². The van der Waals surface area contributed by atoms with Crippen molar-refractivity contribution >= 4 is 41.0 Å². The van der Waals surface area contributed by atoms with Crippen molar-refractivity contribution in [2.75, 3.05) is 5.32 Å². The van der Waals surface area contributed by atoms with Crippen LogP contribution in [0, 0.1) is 10.1 Å². The maximum Gasteiger partial charge on any atom is 0.292 e. The van der Waals surface area contributed by atoms with E-state index in [2.05, 4.69) is 15.8 Å². The van der Waals surface area contributed by atoms with Gasteiger partial charge in [-0.15, -0.1) is 0 Å². The lowest BCUT2D eigenvalue weighted by Crippen LogP contribution is -2.24. The van der Waals surface area contributed by atoms with Gasteiger partial charge in [0.25, 0.3) is 5.69 Å². The lowest BCUT2D eigenvalue weighted by atomic mass is 10.2. The normalized spacial score (nSPS) is 10.8. The Morgan fingerprint density at radius 1 is 1.13 bits per heavy atom. The monoisotopic (exact) mass is 326 g/mol. The second-order valence-electron chi connectivity index (χ2n) is 4.39. The molecule has 23 heavy (non-hydrogen) atoms. The number of nitrogens with zero attached hydrogens (tertiary/aromatic N) is 2. The molecule has 6 nitrogen and oxygen atoms in total. The van der Waals surface area contributed by atoms with Gasteiger partial charge in [-0.25, -0.2) is 0 Å². The minimum atomic E-state index is -0.475. The first-order valence-electron chi connectivity index (χ1n) is 6.72. The standard InChI is InChI=1S/C16H14N4O2S/c21-20(22)15-11-5-4-10-14(15)18-16(23)19-17-12-6-9-13-7-2-1-3-8-13/h1-12H,(H2,18,19,23)/b9-6+,17-12-. The number of anilines is 1. The van der Waals surface area contributed by atoms with E-state index >= 15 is 0 Å². The summed E-state index contributed by atoms with van der Waals surface area (Å²) in [5.74, 6) is 0. The van der Waals surface area contributed by atoms with Gasteiger partial charge in [0.15, 0.2) is 5.11 Å². The fourth-order valence-corrected chi connectivity index (χ4v) is 1.91. The number of thiocarbonyl (C=S) groups is 1. The maximum atomic E-state index is 10.9. The molecule has 0 aromatic heterocycles. The molecule has 2 N–H and O–H groups in total. The molecule has 116 valence electrons. The molecule has 0 aliphatic carbocycles. The van der Waals surface area contributed by atoms with Crippen LogP contribution in [0.4, 0.5) is 11.4 Å². The quantitative estimate of drug-likeness (QED) is 0.380. The van der Waals surface area contributed by atoms with Crippen LogP contribution in [0.25, 0.3) is 6.08 Å². The molecule has 0 aliphatic rings. The zero-order valence-corrected chi connectivity index (χ0v) is 12.9. The number of nitro benzene ring substituents is 1. The average Bonchev–Trinajstić information content (AvgIpc) is 2.56. The Bertz CT molecular complexity index is 745. The molecule has 2 rings (SSSR count). The molecule has 0 heterocycles. The molecule has 0 spiro atoms. The van der Waals surface area contributed by atoms with Gasteiger partial charge in [-0.2, -0.15) is 5.10 Å². The van der Waals surface area contributed by atoms with Crippen molar-refractivity contribution in [2.45, 2.75) is 0 Å². The highest BCUT2D eigenvalue weighted by atomic mass is 32.1. The van der Waals surface area contributed by atoms with Crippen LogP contribution < -0.4 is 10.7 Å². The molecule has 0 atom stereocenters. The summed E-state index contributed by atoms with van der Waals surface area (Å²) in [6.45, 7) is 0. The summed E-state index contributed by atoms with van der Waals surface area (Å²) in [6, 6.07) is 16.0. The molecule has 0 radical (unpaired) electrons. The van der Waals surface area contributed by atoms with Crippen molar-refractivity contribution < 1.29 is 4.92 Å². The van der Waals surface area contributed by atoms with Crippen molar-refractivity contribution in [3.63, 3.8) is 0 Å². The van der Waals surface area contributed by atoms with Gasteiger partial charge >= 0.3 is 0 Å². The Morgan fingerprint density at radius 3 is 2.57 bits per heavy atom. The molecule has 0 saturated heterocycles. The van der Waals surface area contributed by atoms with E-state index in [9.17, 15) is 10.1 Å². The Hall–Kier alpha value is -3.06. The number of benzene rings is 2. The van der Waals surface area contributed by atoms with Gasteiger partial charge in [0.1, 0.15) is 5.69 Å². The number of hydrogen-bond acceptors (Lipinski definition) is 4. The molecule has 0 saturated carbocycles. The van der Waals surface area contributed by atoms with E-state index < -0.39 is 4.92 Å². The Balaban J connectivity index is 1.87. The summed E-state index contributed by atoms with van der Waals surface area (Å²) in [7, 11) is 0. The fraction of sp³-hybridized carbons (Fsp3) is 0. The predicted molar refractivity (Wildman–Crippen MR) is 96.4 cm³/mol. The Morgan fingerprint density at radius 2 is 1.83 bits per heavy atom. The zero-order valence-electron chi connectivity index (χ0n) is 12.0. The maximum absolute atomic E-state index is 10.9. The van der Waals surface area contributed by atoms with Gasteiger partial charge in [-0.05, 0) is 29.9 Å². The molecule has 2 aromatic carbocycles. The zero-order chi connectivity index (χ0) is 16.5. The van der Waals surface area contributed by atoms with Gasteiger partial charge < -0.3 is 5.32 Å². The van der Waals surface area contributed by atoms with Gasteiger partial charge in [0.05, 0.1) is 4.92 Å². The third kappa shape index (κ3) is 5.33. The molecule has 7 heteroatoms. The Kier molecular flexibility index (Phi) is 5.96. The van der Waals surface area contributed by atoms with E-state index in [1.165, 1.54) is 6.07 Å². The topological polar surface area (TPSA) is 79.6 Å². The van der Waals surface area contributed by atoms with E-state index in [1.54, 1.807) is 30.5 Å². The van der Waals surface area contributed by atoms with E-state index in [4.69, 9.17) is 12.2 Å². The second-order valence-corrected chi connectivity index (χ2v) is 4.80. The van der Waals surface area contributed by atoms with E-state index in [0.717, 1.165) is 5.56 Å². The number of rotatable bonds is 5. The molecule has 2 aromatic rings. The SMILES string of the molecule is O=[N+]([O-])c1ccccc1NC(=S)N/N=C\C=C\c1ccccc1. The Labute approximate surface area is 138 Å². The van der Waals surface area contributed by atoms with Crippen molar-refractivity contribution in [1.82, 2.24) is 5.43 Å². The molecule has 0 aliphatic heterocycles. The minimum Gasteiger partial charge on any atom is -0.326 e. The molecule has 0 fully saturated rings. The summed E-state index contributed by atoms with van der Waals surface area (Å²) >= 11 is 5.04. The van der Waals surface area contributed by atoms with Gasteiger partial charge in [0, 0.05) is 12.3 Å². The number of nitro groups is 1. The van der Waals surface area contributed by atoms with Crippen LogP contribution >= 0.6 is 12.2 Å². The van der Waals surface area contributed by atoms with Crippen LogP contribution in [0.15, 0.2) is 65.8 Å². The minimum absolute atomic E-state index is 0.0513. The summed E-state index contributed by atoms with van der Waals surface area (Å²) in [4.78, 5) is 10.4. The van der Waals surface area contributed by atoms with Crippen LogP contribution in [0.5, 0.6) is 0 Å². The van der Waals surface area contributed by atoms with Gasteiger partial charge in [0.2, 0.25) is 0 Å². The number of nitrogens with one attached hydrogen (secondary N) is 2. The first-order chi connectivity index (χ1) is 11.2. The van der Waals surface area contributed by atoms with Crippen molar-refractivity contribution in [1.29, 1.82) is 0 Å². The van der Waals surface area contributed by atoms with E-state index in [0.29, 0.717) is 5.69 Å². The first kappa shape index (κ1) is 16.3. The highest BCUT2D eigenvalue weighted by Gasteiger charge is 2.12. The summed E-state index contributed by atoms with van der Waals surface area (Å²) in [5, 5.41) is 17.7. The number of para-hydroxylation sites is 2. The average molecular weight is 326 g/mol. The van der Waals surface area contributed by atoms with Gasteiger partial charge in [-0.1, -0.05) is 48.5 Å². The first-order valence-corrected chi connectivity index (χ1v) is 7.13. The highest BCUT2D eigenvalue weighted by Crippen LogP contribution is 2.22. The van der Waals surface area contributed by atoms with Crippen molar-refractivity contribution in [3.05, 3.63) is 76.4 Å². The molecule has 0 unspecified atom stereocenters. The lowest BCUT2D eigenvalue weighted by molar-refractivity contribution is -0.383. The van der Waals surface area contributed by atoms with Crippen LogP contribution in [0.1, 0.15) is 5.56 Å². The summed E-state index contributed by atoms with van der Waals surface area (Å²) in [5.41, 5.74) is 3.91. The molecular formula is C16H14N4O2S. The van der Waals surface area contributed by atoms with Gasteiger partial charge in [-0.3, -0.25) is 15.5 Å². The summed E-state index contributed by atoms with van der Waals surface area (Å²) in [6.07, 6.45) is 5.19. The van der Waals surface area contributed by atoms with Crippen molar-refractivity contribution in [3.8, 4) is 0 Å². The predicted octanol–water partition coefficient (Wildman–Crippen LogP) is 3.58. The van der Waals surface area contributed by atoms with Crippen LogP contribution in [0.2, 0.25) is 0 Å². The van der Waals surface area contributed by atoms with Crippen LogP contribution in [-0.2, 0) is 0 Å². The van der Waals surface area contributed by atoms with Crippen molar-refractivity contribution in [2.24, 2.45) is 5.10 Å². The van der Waals surface area contributed by atoms with Crippen LogP contribution in [0.3, 0.4) is 0 Å². The summed E-state index contributed by atoms with van der Waals surface area (Å²) < 4.78 is 0. The molecular weight excluding hydrogens is 312 g/mol. The smallest absolute Gasteiger partial charge is 0.292 e. The number of hydrogen-bond donors (Lipinski definition) is 2. The molecule has 0 bridgehead atoms.